The first-order valence-electron chi connectivity index (χ1n) is 8.59. The van der Waals surface area contributed by atoms with Crippen molar-refractivity contribution >= 4 is 28.9 Å². The summed E-state index contributed by atoms with van der Waals surface area (Å²) in [6.07, 6.45) is 5.06. The van der Waals surface area contributed by atoms with E-state index in [1.807, 2.05) is 12.1 Å². The lowest BCUT2D eigenvalue weighted by Crippen LogP contribution is -2.29. The minimum absolute atomic E-state index is 0.0190. The molecular formula is C20H17ClN2O4. The summed E-state index contributed by atoms with van der Waals surface area (Å²) < 4.78 is 4.82. The van der Waals surface area contributed by atoms with E-state index < -0.39 is 4.92 Å². The Bertz CT molecular complexity index is 972. The highest BCUT2D eigenvalue weighted by Crippen LogP contribution is 2.51. The number of nitrogens with one attached hydrogen (secondary N) is 1. The van der Waals surface area contributed by atoms with Crippen molar-refractivity contribution in [3.05, 3.63) is 80.4 Å². The molecule has 3 atom stereocenters. The summed E-state index contributed by atoms with van der Waals surface area (Å²) in [4.78, 5) is 22.7. The molecule has 4 rings (SSSR count). The van der Waals surface area contributed by atoms with Crippen molar-refractivity contribution in [1.29, 1.82) is 0 Å². The predicted octanol–water partition coefficient (Wildman–Crippen LogP) is 4.86. The Kier molecular flexibility index (Phi) is 4.36. The number of non-ortho nitro benzene ring substituents is 1. The van der Waals surface area contributed by atoms with E-state index in [1.54, 1.807) is 18.2 Å². The number of ether oxygens (including phenoxy) is 1. The van der Waals surface area contributed by atoms with Crippen molar-refractivity contribution in [3.63, 3.8) is 0 Å². The van der Waals surface area contributed by atoms with Gasteiger partial charge in [0.05, 0.1) is 23.6 Å². The zero-order chi connectivity index (χ0) is 19.1. The fourth-order valence-corrected chi connectivity index (χ4v) is 4.27. The molecule has 3 unspecified atom stereocenters. The van der Waals surface area contributed by atoms with Crippen molar-refractivity contribution in [3.8, 4) is 0 Å². The molecule has 0 radical (unpaired) electrons. The largest absolute Gasteiger partial charge is 0.465 e. The lowest BCUT2D eigenvalue weighted by molar-refractivity contribution is -0.384. The molecule has 1 aliphatic carbocycles. The maximum absolute atomic E-state index is 11.9. The normalized spacial score (nSPS) is 22.5. The van der Waals surface area contributed by atoms with Crippen molar-refractivity contribution in [1.82, 2.24) is 0 Å². The molecule has 0 saturated heterocycles. The number of nitrogens with zero attached hydrogens (tertiary/aromatic N) is 1. The molecule has 2 aromatic carbocycles. The number of anilines is 1. The number of hydrogen-bond donors (Lipinski definition) is 1. The van der Waals surface area contributed by atoms with Gasteiger partial charge < -0.3 is 10.1 Å². The lowest BCUT2D eigenvalue weighted by Gasteiger charge is -2.38. The molecule has 0 bridgehead atoms. The Balaban J connectivity index is 1.78. The standard InChI is InChI=1S/C20H17ClN2O4/c1-27-20(24)11-5-8-18-15(9-11)13-3-2-4-14(13)19(22-18)16-10-12(23(25)26)6-7-17(16)21/h2-3,5-10,13-14,19,22H,4H2,1H3. The Morgan fingerprint density at radius 1 is 1.26 bits per heavy atom. The first-order valence-corrected chi connectivity index (χ1v) is 8.96. The minimum atomic E-state index is -0.413. The Hall–Kier alpha value is -2.86. The van der Waals surface area contributed by atoms with Gasteiger partial charge in [-0.2, -0.15) is 0 Å². The molecule has 2 aliphatic rings. The zero-order valence-electron chi connectivity index (χ0n) is 14.5. The van der Waals surface area contributed by atoms with Crippen LogP contribution in [0.3, 0.4) is 0 Å². The van der Waals surface area contributed by atoms with E-state index >= 15 is 0 Å². The van der Waals surface area contributed by atoms with Crippen LogP contribution in [-0.2, 0) is 4.74 Å². The van der Waals surface area contributed by atoms with Crippen LogP contribution in [0.25, 0.3) is 0 Å². The van der Waals surface area contributed by atoms with E-state index in [0.717, 1.165) is 17.7 Å². The number of benzene rings is 2. The van der Waals surface area contributed by atoms with Crippen LogP contribution in [-0.4, -0.2) is 18.0 Å². The highest BCUT2D eigenvalue weighted by molar-refractivity contribution is 6.31. The van der Waals surface area contributed by atoms with E-state index in [2.05, 4.69) is 17.5 Å². The number of esters is 1. The van der Waals surface area contributed by atoms with Gasteiger partial charge in [0.15, 0.2) is 0 Å². The molecule has 6 nitrogen and oxygen atoms in total. The fraction of sp³-hybridized carbons (Fsp3) is 0.250. The zero-order valence-corrected chi connectivity index (χ0v) is 15.3. The number of nitro benzene ring substituents is 1. The summed E-state index contributed by atoms with van der Waals surface area (Å²) in [6.45, 7) is 0. The number of nitro groups is 1. The molecule has 138 valence electrons. The molecule has 1 aliphatic heterocycles. The molecular weight excluding hydrogens is 368 g/mol. The molecule has 1 N–H and O–H groups in total. The Labute approximate surface area is 160 Å². The van der Waals surface area contributed by atoms with Crippen LogP contribution in [0.1, 0.15) is 39.9 Å². The number of hydrogen-bond acceptors (Lipinski definition) is 5. The van der Waals surface area contributed by atoms with Crippen molar-refractivity contribution in [2.24, 2.45) is 5.92 Å². The van der Waals surface area contributed by atoms with Crippen molar-refractivity contribution in [2.45, 2.75) is 18.4 Å². The maximum atomic E-state index is 11.9. The Morgan fingerprint density at radius 3 is 2.81 bits per heavy atom. The van der Waals surface area contributed by atoms with E-state index in [4.69, 9.17) is 16.3 Å². The molecule has 27 heavy (non-hydrogen) atoms. The van der Waals surface area contributed by atoms with Crippen molar-refractivity contribution < 1.29 is 14.5 Å². The maximum Gasteiger partial charge on any atom is 0.337 e. The number of methoxy groups -OCH3 is 1. The molecule has 0 amide bonds. The Morgan fingerprint density at radius 2 is 2.07 bits per heavy atom. The highest BCUT2D eigenvalue weighted by Gasteiger charge is 2.39. The lowest BCUT2D eigenvalue weighted by atomic mass is 9.76. The quantitative estimate of drug-likeness (QED) is 0.353. The van der Waals surface area contributed by atoms with Crippen LogP contribution in [0.15, 0.2) is 48.6 Å². The van der Waals surface area contributed by atoms with E-state index in [1.165, 1.54) is 13.2 Å². The van der Waals surface area contributed by atoms with Gasteiger partial charge >= 0.3 is 5.97 Å². The van der Waals surface area contributed by atoms with Gasteiger partial charge in [-0.25, -0.2) is 4.79 Å². The SMILES string of the molecule is COC(=O)c1ccc2c(c1)C1C=CCC1C(c1cc([N+](=O)[O-])ccc1Cl)N2. The number of carbonyl (C=O) groups is 1. The predicted molar refractivity (Wildman–Crippen MR) is 102 cm³/mol. The number of rotatable bonds is 3. The smallest absolute Gasteiger partial charge is 0.337 e. The third kappa shape index (κ3) is 2.96. The number of fused-ring (bicyclic) bond motifs is 3. The van der Waals surface area contributed by atoms with E-state index in [9.17, 15) is 14.9 Å². The third-order valence-corrected chi connectivity index (χ3v) is 5.65. The first kappa shape index (κ1) is 17.5. The van der Waals surface area contributed by atoms with Crippen molar-refractivity contribution in [2.75, 3.05) is 12.4 Å². The van der Waals surface area contributed by atoms with Gasteiger partial charge in [0.2, 0.25) is 0 Å². The second-order valence-electron chi connectivity index (χ2n) is 6.73. The summed E-state index contributed by atoms with van der Waals surface area (Å²) in [5, 5.41) is 15.2. The van der Waals surface area contributed by atoms with Gasteiger partial charge in [-0.05, 0) is 42.2 Å². The van der Waals surface area contributed by atoms with Crippen LogP contribution < -0.4 is 5.32 Å². The molecule has 7 heteroatoms. The van der Waals surface area contributed by atoms with E-state index in [-0.39, 0.29) is 29.5 Å². The minimum Gasteiger partial charge on any atom is -0.465 e. The average molecular weight is 385 g/mol. The van der Waals surface area contributed by atoms with Gasteiger partial charge in [-0.3, -0.25) is 10.1 Å². The van der Waals surface area contributed by atoms with Crippen LogP contribution in [0, 0.1) is 16.0 Å². The van der Waals surface area contributed by atoms with Crippen LogP contribution in [0.4, 0.5) is 11.4 Å². The van der Waals surface area contributed by atoms with Gasteiger partial charge in [0, 0.05) is 34.3 Å². The monoisotopic (exact) mass is 384 g/mol. The van der Waals surface area contributed by atoms with Crippen LogP contribution in [0.5, 0.6) is 0 Å². The molecule has 0 fully saturated rings. The second-order valence-corrected chi connectivity index (χ2v) is 7.14. The topological polar surface area (TPSA) is 81.5 Å². The van der Waals surface area contributed by atoms with Gasteiger partial charge in [-0.1, -0.05) is 23.8 Å². The summed E-state index contributed by atoms with van der Waals surface area (Å²) in [5.74, 6) is -0.115. The summed E-state index contributed by atoms with van der Waals surface area (Å²) in [6, 6.07) is 9.79. The molecule has 2 aromatic rings. The van der Waals surface area contributed by atoms with Crippen LogP contribution in [0.2, 0.25) is 5.02 Å². The van der Waals surface area contributed by atoms with Gasteiger partial charge in [0.25, 0.3) is 5.69 Å². The number of allylic oxidation sites excluding steroid dienone is 2. The fourth-order valence-electron chi connectivity index (χ4n) is 4.03. The summed E-state index contributed by atoms with van der Waals surface area (Å²) >= 11 is 6.39. The second kappa shape index (κ2) is 6.70. The summed E-state index contributed by atoms with van der Waals surface area (Å²) in [5.41, 5.74) is 3.15. The number of carbonyl (C=O) groups excluding carboxylic acids is 1. The number of halogens is 1. The average Bonchev–Trinajstić information content (AvgIpc) is 3.17. The molecule has 0 spiro atoms. The molecule has 0 saturated carbocycles. The first-order chi connectivity index (χ1) is 13.0. The summed E-state index contributed by atoms with van der Waals surface area (Å²) in [7, 11) is 1.36. The van der Waals surface area contributed by atoms with Gasteiger partial charge in [-0.15, -0.1) is 0 Å². The molecule has 0 aromatic heterocycles. The van der Waals surface area contributed by atoms with Gasteiger partial charge in [0.1, 0.15) is 0 Å². The highest BCUT2D eigenvalue weighted by atomic mass is 35.5. The van der Waals surface area contributed by atoms with E-state index in [0.29, 0.717) is 16.1 Å². The van der Waals surface area contributed by atoms with Crippen LogP contribution >= 0.6 is 11.6 Å². The third-order valence-electron chi connectivity index (χ3n) is 5.31. The molecule has 1 heterocycles.